The van der Waals surface area contributed by atoms with Crippen LogP contribution in [0.4, 0.5) is 0 Å². The first-order valence-corrected chi connectivity index (χ1v) is 7.63. The second kappa shape index (κ2) is 5.88. The first-order valence-electron chi connectivity index (χ1n) is 6.24. The Kier molecular flexibility index (Phi) is 4.42. The average molecular weight is 290 g/mol. The SMILES string of the molecule is CC(C)(C)SCc1nc(=S)cc(-c2ccccc2)[nH]1. The zero-order valence-electron chi connectivity index (χ0n) is 11.4. The highest BCUT2D eigenvalue weighted by Gasteiger charge is 2.11. The highest BCUT2D eigenvalue weighted by molar-refractivity contribution is 7.99. The Labute approximate surface area is 123 Å². The highest BCUT2D eigenvalue weighted by atomic mass is 32.2. The van der Waals surface area contributed by atoms with Crippen molar-refractivity contribution in [2.75, 3.05) is 0 Å². The number of rotatable bonds is 3. The Morgan fingerprint density at radius 2 is 1.89 bits per heavy atom. The van der Waals surface area contributed by atoms with Crippen LogP contribution in [-0.2, 0) is 5.75 Å². The van der Waals surface area contributed by atoms with Gasteiger partial charge in [0.2, 0.25) is 0 Å². The van der Waals surface area contributed by atoms with Gasteiger partial charge in [-0.3, -0.25) is 0 Å². The molecule has 2 nitrogen and oxygen atoms in total. The molecule has 2 aromatic rings. The summed E-state index contributed by atoms with van der Waals surface area (Å²) in [5, 5.41) is 0. The molecule has 0 radical (unpaired) electrons. The van der Waals surface area contributed by atoms with Crippen molar-refractivity contribution in [2.45, 2.75) is 31.3 Å². The summed E-state index contributed by atoms with van der Waals surface area (Å²) in [6.07, 6.45) is 0. The fraction of sp³-hybridized carbons (Fsp3) is 0.333. The molecule has 1 aromatic heterocycles. The van der Waals surface area contributed by atoms with E-state index in [2.05, 4.69) is 42.9 Å². The first kappa shape index (κ1) is 14.3. The summed E-state index contributed by atoms with van der Waals surface area (Å²) in [6, 6.07) is 12.1. The van der Waals surface area contributed by atoms with Gasteiger partial charge in [-0.05, 0) is 11.6 Å². The van der Waals surface area contributed by atoms with Crippen LogP contribution >= 0.6 is 24.0 Å². The lowest BCUT2D eigenvalue weighted by Gasteiger charge is -2.17. The van der Waals surface area contributed by atoms with Crippen molar-refractivity contribution >= 4 is 24.0 Å². The molecule has 0 spiro atoms. The Morgan fingerprint density at radius 3 is 2.53 bits per heavy atom. The maximum Gasteiger partial charge on any atom is 0.130 e. The molecule has 1 aromatic carbocycles. The van der Waals surface area contributed by atoms with Gasteiger partial charge in [0.15, 0.2) is 0 Å². The maximum absolute atomic E-state index is 5.25. The summed E-state index contributed by atoms with van der Waals surface area (Å²) >= 11 is 7.11. The smallest absolute Gasteiger partial charge is 0.130 e. The maximum atomic E-state index is 5.25. The van der Waals surface area contributed by atoms with Crippen molar-refractivity contribution in [3.63, 3.8) is 0 Å². The molecule has 0 saturated carbocycles. The number of hydrogen-bond acceptors (Lipinski definition) is 3. The van der Waals surface area contributed by atoms with E-state index in [-0.39, 0.29) is 4.75 Å². The standard InChI is InChI=1S/C15H18N2S2/c1-15(2,3)19-10-13-16-12(9-14(18)17-13)11-7-5-4-6-8-11/h4-9H,10H2,1-3H3,(H,16,17,18). The molecule has 0 bridgehead atoms. The molecule has 1 heterocycles. The van der Waals surface area contributed by atoms with Gasteiger partial charge < -0.3 is 4.98 Å². The van der Waals surface area contributed by atoms with Crippen LogP contribution < -0.4 is 0 Å². The zero-order valence-corrected chi connectivity index (χ0v) is 13.1. The van der Waals surface area contributed by atoms with Gasteiger partial charge in [0, 0.05) is 10.4 Å². The number of aromatic nitrogens is 2. The predicted molar refractivity (Wildman–Crippen MR) is 85.9 cm³/mol. The molecule has 0 fully saturated rings. The molecule has 0 aliphatic heterocycles. The van der Waals surface area contributed by atoms with Gasteiger partial charge >= 0.3 is 0 Å². The Bertz CT molecular complexity index is 598. The number of nitrogens with zero attached hydrogens (tertiary/aromatic N) is 1. The van der Waals surface area contributed by atoms with Crippen molar-refractivity contribution in [3.05, 3.63) is 46.9 Å². The van der Waals surface area contributed by atoms with Crippen LogP contribution in [0.2, 0.25) is 0 Å². The normalized spacial score (nSPS) is 11.5. The lowest BCUT2D eigenvalue weighted by Crippen LogP contribution is -2.08. The molecule has 2 rings (SSSR count). The highest BCUT2D eigenvalue weighted by Crippen LogP contribution is 2.26. The molecular formula is C15H18N2S2. The molecule has 0 aliphatic carbocycles. The van der Waals surface area contributed by atoms with Crippen molar-refractivity contribution in [2.24, 2.45) is 0 Å². The van der Waals surface area contributed by atoms with E-state index < -0.39 is 0 Å². The van der Waals surface area contributed by atoms with Crippen LogP contribution in [0.15, 0.2) is 36.4 Å². The van der Waals surface area contributed by atoms with Gasteiger partial charge in [-0.15, -0.1) is 11.8 Å². The van der Waals surface area contributed by atoms with Gasteiger partial charge in [-0.2, -0.15) is 0 Å². The van der Waals surface area contributed by atoms with E-state index in [4.69, 9.17) is 12.2 Å². The van der Waals surface area contributed by atoms with E-state index in [1.165, 1.54) is 0 Å². The third-order valence-electron chi connectivity index (χ3n) is 2.52. The van der Waals surface area contributed by atoms with Crippen molar-refractivity contribution < 1.29 is 0 Å². The largest absolute Gasteiger partial charge is 0.342 e. The van der Waals surface area contributed by atoms with Gasteiger partial charge in [0.05, 0.1) is 5.75 Å². The van der Waals surface area contributed by atoms with Crippen molar-refractivity contribution in [1.29, 1.82) is 0 Å². The van der Waals surface area contributed by atoms with Crippen LogP contribution in [0.25, 0.3) is 11.3 Å². The zero-order chi connectivity index (χ0) is 13.9. The van der Waals surface area contributed by atoms with Crippen molar-refractivity contribution in [1.82, 2.24) is 9.97 Å². The monoisotopic (exact) mass is 290 g/mol. The molecule has 0 atom stereocenters. The molecule has 1 N–H and O–H groups in total. The molecule has 4 heteroatoms. The first-order chi connectivity index (χ1) is 8.94. The fourth-order valence-corrected chi connectivity index (χ4v) is 2.57. The number of benzene rings is 1. The van der Waals surface area contributed by atoms with E-state index in [1.807, 2.05) is 36.0 Å². The topological polar surface area (TPSA) is 28.7 Å². The van der Waals surface area contributed by atoms with E-state index >= 15 is 0 Å². The Morgan fingerprint density at radius 1 is 1.21 bits per heavy atom. The molecule has 0 amide bonds. The number of nitrogens with one attached hydrogen (secondary N) is 1. The minimum Gasteiger partial charge on any atom is -0.342 e. The summed E-state index contributed by atoms with van der Waals surface area (Å²) in [7, 11) is 0. The van der Waals surface area contributed by atoms with Crippen LogP contribution in [0.5, 0.6) is 0 Å². The summed E-state index contributed by atoms with van der Waals surface area (Å²) in [4.78, 5) is 7.78. The van der Waals surface area contributed by atoms with Crippen LogP contribution in [0.1, 0.15) is 26.6 Å². The predicted octanol–water partition coefficient (Wildman–Crippen LogP) is 4.84. The quantitative estimate of drug-likeness (QED) is 0.820. The summed E-state index contributed by atoms with van der Waals surface area (Å²) < 4.78 is 0.863. The van der Waals surface area contributed by atoms with Gasteiger partial charge in [-0.25, -0.2) is 4.98 Å². The van der Waals surface area contributed by atoms with E-state index in [0.29, 0.717) is 4.64 Å². The minimum atomic E-state index is 0.222. The second-order valence-corrected chi connectivity index (χ2v) is 7.57. The summed E-state index contributed by atoms with van der Waals surface area (Å²) in [5.74, 6) is 1.78. The molecule has 0 saturated heterocycles. The van der Waals surface area contributed by atoms with Crippen molar-refractivity contribution in [3.8, 4) is 11.3 Å². The third-order valence-corrected chi connectivity index (χ3v) is 4.01. The number of thioether (sulfide) groups is 1. The lowest BCUT2D eigenvalue weighted by atomic mass is 10.1. The molecule has 19 heavy (non-hydrogen) atoms. The minimum absolute atomic E-state index is 0.222. The van der Waals surface area contributed by atoms with E-state index in [9.17, 15) is 0 Å². The van der Waals surface area contributed by atoms with E-state index in [0.717, 1.165) is 22.8 Å². The molecule has 0 aliphatic rings. The van der Waals surface area contributed by atoms with Crippen LogP contribution in [0, 0.1) is 4.64 Å². The number of hydrogen-bond donors (Lipinski definition) is 1. The van der Waals surface area contributed by atoms with Gasteiger partial charge in [-0.1, -0.05) is 63.3 Å². The Hall–Kier alpha value is -1.13. The molecule has 0 unspecified atom stereocenters. The fourth-order valence-electron chi connectivity index (χ4n) is 1.63. The van der Waals surface area contributed by atoms with E-state index in [1.54, 1.807) is 0 Å². The number of H-pyrrole nitrogens is 1. The summed E-state index contributed by atoms with van der Waals surface area (Å²) in [6.45, 7) is 6.61. The average Bonchev–Trinajstić information content (AvgIpc) is 2.36. The van der Waals surface area contributed by atoms with Crippen LogP contribution in [0.3, 0.4) is 0 Å². The van der Waals surface area contributed by atoms with Crippen LogP contribution in [-0.4, -0.2) is 14.7 Å². The van der Waals surface area contributed by atoms with Gasteiger partial charge in [0.25, 0.3) is 0 Å². The lowest BCUT2D eigenvalue weighted by molar-refractivity contribution is 0.800. The molecule has 100 valence electrons. The second-order valence-electron chi connectivity index (χ2n) is 5.35. The third kappa shape index (κ3) is 4.48. The molecular weight excluding hydrogens is 272 g/mol. The summed E-state index contributed by atoms with van der Waals surface area (Å²) in [5.41, 5.74) is 2.17. The number of aromatic amines is 1. The Balaban J connectivity index is 2.28. The van der Waals surface area contributed by atoms with Gasteiger partial charge in [0.1, 0.15) is 10.5 Å².